The van der Waals surface area contributed by atoms with Crippen molar-refractivity contribution in [3.05, 3.63) is 30.1 Å². The number of methoxy groups -OCH3 is 1. The minimum absolute atomic E-state index is 0.0572. The van der Waals surface area contributed by atoms with E-state index in [1.54, 1.807) is 18.5 Å². The molecule has 0 aromatic carbocycles. The first kappa shape index (κ1) is 10.6. The van der Waals surface area contributed by atoms with Gasteiger partial charge in [0.2, 0.25) is 0 Å². The van der Waals surface area contributed by atoms with E-state index in [2.05, 4.69) is 14.7 Å². The first-order valence-electron chi connectivity index (χ1n) is 4.89. The lowest BCUT2D eigenvalue weighted by Gasteiger charge is -2.07. The summed E-state index contributed by atoms with van der Waals surface area (Å²) in [4.78, 5) is 18.1. The maximum atomic E-state index is 11.0. The Bertz CT molecular complexity index is 507. The number of nitrogens with zero attached hydrogens (tertiary/aromatic N) is 1. The smallest absolute Gasteiger partial charge is 0.308 e. The standard InChI is InChI=1S/C11H12N2O3/c1-16-10(15)5-9(14)8-6-13-11-7(8)3-2-4-12-11/h2-4,6,9,14H,5H2,1H3,(H,12,13)/t9-/m1/s1. The van der Waals surface area contributed by atoms with Crippen LogP contribution in [0.3, 0.4) is 0 Å². The topological polar surface area (TPSA) is 75.2 Å². The normalized spacial score (nSPS) is 12.6. The highest BCUT2D eigenvalue weighted by atomic mass is 16.5. The molecule has 2 aromatic rings. The SMILES string of the molecule is COC(=O)C[C@@H](O)c1c[nH]c2ncccc12. The number of hydrogen-bond donors (Lipinski definition) is 2. The third-order valence-corrected chi connectivity index (χ3v) is 2.43. The van der Waals surface area contributed by atoms with Crippen LogP contribution in [0.25, 0.3) is 11.0 Å². The summed E-state index contributed by atoms with van der Waals surface area (Å²) in [5.74, 6) is -0.439. The predicted octanol–water partition coefficient (Wildman–Crippen LogP) is 1.16. The molecule has 0 radical (unpaired) electrons. The minimum Gasteiger partial charge on any atom is -0.469 e. The summed E-state index contributed by atoms with van der Waals surface area (Å²) in [5, 5.41) is 10.7. The third-order valence-electron chi connectivity index (χ3n) is 2.43. The van der Waals surface area contributed by atoms with Gasteiger partial charge in [-0.25, -0.2) is 4.98 Å². The largest absolute Gasteiger partial charge is 0.469 e. The molecule has 0 aliphatic heterocycles. The monoisotopic (exact) mass is 220 g/mol. The molecular formula is C11H12N2O3. The lowest BCUT2D eigenvalue weighted by molar-refractivity contribution is -0.142. The molecular weight excluding hydrogens is 208 g/mol. The molecule has 0 fully saturated rings. The van der Waals surface area contributed by atoms with Gasteiger partial charge in [-0.3, -0.25) is 4.79 Å². The molecule has 0 unspecified atom stereocenters. The van der Waals surface area contributed by atoms with Crippen molar-refractivity contribution in [2.24, 2.45) is 0 Å². The zero-order chi connectivity index (χ0) is 11.5. The fourth-order valence-electron chi connectivity index (χ4n) is 1.60. The first-order chi connectivity index (χ1) is 7.72. The Morgan fingerprint density at radius 1 is 1.69 bits per heavy atom. The van der Waals surface area contributed by atoms with Crippen LogP contribution in [0.15, 0.2) is 24.5 Å². The van der Waals surface area contributed by atoms with Crippen molar-refractivity contribution in [3.8, 4) is 0 Å². The number of H-pyrrole nitrogens is 1. The quantitative estimate of drug-likeness (QED) is 0.761. The molecule has 5 heteroatoms. The lowest BCUT2D eigenvalue weighted by atomic mass is 10.1. The number of nitrogens with one attached hydrogen (secondary N) is 1. The molecule has 0 bridgehead atoms. The molecule has 0 aliphatic rings. The molecule has 0 aliphatic carbocycles. The van der Waals surface area contributed by atoms with Gasteiger partial charge in [-0.05, 0) is 12.1 Å². The number of aliphatic hydroxyl groups is 1. The molecule has 2 heterocycles. The molecule has 0 saturated heterocycles. The van der Waals surface area contributed by atoms with E-state index in [1.165, 1.54) is 7.11 Å². The second-order valence-electron chi connectivity index (χ2n) is 3.44. The Balaban J connectivity index is 2.29. The van der Waals surface area contributed by atoms with Gasteiger partial charge < -0.3 is 14.8 Å². The van der Waals surface area contributed by atoms with Crippen LogP contribution in [0.1, 0.15) is 18.1 Å². The number of hydrogen-bond acceptors (Lipinski definition) is 4. The van der Waals surface area contributed by atoms with E-state index < -0.39 is 12.1 Å². The summed E-state index contributed by atoms with van der Waals surface area (Å²) >= 11 is 0. The van der Waals surface area contributed by atoms with Crippen LogP contribution in [-0.2, 0) is 9.53 Å². The van der Waals surface area contributed by atoms with E-state index in [-0.39, 0.29) is 6.42 Å². The Hall–Kier alpha value is -1.88. The summed E-state index contributed by atoms with van der Waals surface area (Å²) < 4.78 is 4.51. The van der Waals surface area contributed by atoms with Crippen LogP contribution in [0.4, 0.5) is 0 Å². The Morgan fingerprint density at radius 2 is 2.50 bits per heavy atom. The first-order valence-corrected chi connectivity index (χ1v) is 4.89. The molecule has 2 aromatic heterocycles. The Morgan fingerprint density at radius 3 is 3.25 bits per heavy atom. The zero-order valence-corrected chi connectivity index (χ0v) is 8.80. The van der Waals surface area contributed by atoms with Crippen molar-refractivity contribution in [2.45, 2.75) is 12.5 Å². The number of esters is 1. The van der Waals surface area contributed by atoms with Gasteiger partial charge in [0.1, 0.15) is 5.65 Å². The average molecular weight is 220 g/mol. The van der Waals surface area contributed by atoms with Gasteiger partial charge >= 0.3 is 5.97 Å². The van der Waals surface area contributed by atoms with E-state index in [1.807, 2.05) is 6.07 Å². The van der Waals surface area contributed by atoms with Gasteiger partial charge in [-0.1, -0.05) is 0 Å². The van der Waals surface area contributed by atoms with Crippen molar-refractivity contribution in [1.82, 2.24) is 9.97 Å². The van der Waals surface area contributed by atoms with Gasteiger partial charge in [0.25, 0.3) is 0 Å². The van der Waals surface area contributed by atoms with Crippen LogP contribution < -0.4 is 0 Å². The van der Waals surface area contributed by atoms with Crippen LogP contribution in [0.5, 0.6) is 0 Å². The predicted molar refractivity (Wildman–Crippen MR) is 57.7 cm³/mol. The fraction of sp³-hybridized carbons (Fsp3) is 0.273. The molecule has 84 valence electrons. The molecule has 1 atom stereocenters. The molecule has 2 rings (SSSR count). The molecule has 2 N–H and O–H groups in total. The van der Waals surface area contributed by atoms with Crippen molar-refractivity contribution in [1.29, 1.82) is 0 Å². The number of rotatable bonds is 3. The second kappa shape index (κ2) is 4.32. The van der Waals surface area contributed by atoms with Crippen LogP contribution in [0.2, 0.25) is 0 Å². The minimum atomic E-state index is -0.870. The van der Waals surface area contributed by atoms with Crippen LogP contribution in [0, 0.1) is 0 Å². The van der Waals surface area contributed by atoms with Gasteiger partial charge in [-0.2, -0.15) is 0 Å². The molecule has 5 nitrogen and oxygen atoms in total. The van der Waals surface area contributed by atoms with E-state index in [4.69, 9.17) is 0 Å². The highest BCUT2D eigenvalue weighted by Gasteiger charge is 2.17. The fourth-order valence-corrected chi connectivity index (χ4v) is 1.60. The maximum absolute atomic E-state index is 11.0. The highest BCUT2D eigenvalue weighted by Crippen LogP contribution is 2.24. The third kappa shape index (κ3) is 1.90. The number of aromatic amines is 1. The Labute approximate surface area is 92.1 Å². The number of aliphatic hydroxyl groups excluding tert-OH is 1. The Kier molecular flexibility index (Phi) is 2.87. The number of aromatic nitrogens is 2. The van der Waals surface area contributed by atoms with Crippen molar-refractivity contribution in [2.75, 3.05) is 7.11 Å². The number of pyridine rings is 1. The van der Waals surface area contributed by atoms with Gasteiger partial charge in [0, 0.05) is 23.3 Å². The van der Waals surface area contributed by atoms with Crippen LogP contribution in [-0.4, -0.2) is 28.2 Å². The second-order valence-corrected chi connectivity index (χ2v) is 3.44. The number of carbonyl (C=O) groups is 1. The van der Waals surface area contributed by atoms with Gasteiger partial charge in [0.15, 0.2) is 0 Å². The molecule has 0 saturated carbocycles. The highest BCUT2D eigenvalue weighted by molar-refractivity contribution is 5.81. The molecule has 0 spiro atoms. The number of fused-ring (bicyclic) bond motifs is 1. The average Bonchev–Trinajstić information content (AvgIpc) is 2.72. The van der Waals surface area contributed by atoms with Crippen molar-refractivity contribution < 1.29 is 14.6 Å². The van der Waals surface area contributed by atoms with Gasteiger partial charge in [-0.15, -0.1) is 0 Å². The summed E-state index contributed by atoms with van der Waals surface area (Å²) in [7, 11) is 1.30. The van der Waals surface area contributed by atoms with E-state index >= 15 is 0 Å². The summed E-state index contributed by atoms with van der Waals surface area (Å²) in [6, 6.07) is 3.62. The van der Waals surface area contributed by atoms with E-state index in [0.717, 1.165) is 5.39 Å². The molecule has 0 amide bonds. The summed E-state index contributed by atoms with van der Waals surface area (Å²) in [6.45, 7) is 0. The van der Waals surface area contributed by atoms with Crippen LogP contribution >= 0.6 is 0 Å². The number of carbonyl (C=O) groups excluding carboxylic acids is 1. The van der Waals surface area contributed by atoms with Gasteiger partial charge in [0.05, 0.1) is 19.6 Å². The zero-order valence-electron chi connectivity index (χ0n) is 8.80. The van der Waals surface area contributed by atoms with Crippen molar-refractivity contribution >= 4 is 17.0 Å². The summed E-state index contributed by atoms with van der Waals surface area (Å²) in [6.07, 6.45) is 2.39. The van der Waals surface area contributed by atoms with E-state index in [9.17, 15) is 9.90 Å². The lowest BCUT2D eigenvalue weighted by Crippen LogP contribution is -2.07. The maximum Gasteiger partial charge on any atom is 0.308 e. The summed E-state index contributed by atoms with van der Waals surface area (Å²) in [5.41, 5.74) is 1.36. The number of ether oxygens (including phenoxy) is 1. The molecule has 16 heavy (non-hydrogen) atoms. The van der Waals surface area contributed by atoms with E-state index in [0.29, 0.717) is 11.2 Å². The van der Waals surface area contributed by atoms with Crippen molar-refractivity contribution in [3.63, 3.8) is 0 Å².